The van der Waals surface area contributed by atoms with Gasteiger partial charge in [0, 0.05) is 5.69 Å². The molecule has 0 aromatic heterocycles. The SMILES string of the molecule is [N-]=[N+]=C=CC(=O)Nc1ccccc1. The summed E-state index contributed by atoms with van der Waals surface area (Å²) < 4.78 is 0. The highest BCUT2D eigenvalue weighted by Gasteiger charge is 1.96. The maximum Gasteiger partial charge on any atom is 0.305 e. The molecule has 1 N–H and O–H groups in total. The van der Waals surface area contributed by atoms with E-state index < -0.39 is 0 Å². The summed E-state index contributed by atoms with van der Waals surface area (Å²) >= 11 is 0. The van der Waals surface area contributed by atoms with Crippen LogP contribution in [0.3, 0.4) is 0 Å². The third-order valence-electron chi connectivity index (χ3n) is 1.29. The second-order valence-corrected chi connectivity index (χ2v) is 2.23. The number of para-hydroxylation sites is 1. The molecule has 4 heteroatoms. The van der Waals surface area contributed by atoms with Crippen molar-refractivity contribution < 1.29 is 9.58 Å². The first kappa shape index (κ1) is 8.94. The van der Waals surface area contributed by atoms with Gasteiger partial charge in [0.1, 0.15) is 6.08 Å². The van der Waals surface area contributed by atoms with Crippen LogP contribution in [-0.4, -0.2) is 16.6 Å². The maximum atomic E-state index is 11.0. The van der Waals surface area contributed by atoms with Crippen LogP contribution in [0, 0.1) is 0 Å². The summed E-state index contributed by atoms with van der Waals surface area (Å²) in [5.41, 5.74) is 8.67. The van der Waals surface area contributed by atoms with Gasteiger partial charge in [-0.15, -0.1) is 4.79 Å². The van der Waals surface area contributed by atoms with E-state index >= 15 is 0 Å². The van der Waals surface area contributed by atoms with Crippen LogP contribution in [0.5, 0.6) is 0 Å². The van der Waals surface area contributed by atoms with E-state index in [0.717, 1.165) is 6.08 Å². The van der Waals surface area contributed by atoms with Crippen LogP contribution in [0.1, 0.15) is 0 Å². The molecule has 0 spiro atoms. The minimum atomic E-state index is -0.385. The second-order valence-electron chi connectivity index (χ2n) is 2.23. The van der Waals surface area contributed by atoms with Gasteiger partial charge in [0.05, 0.1) is 0 Å². The molecular weight excluding hydrogens is 166 g/mol. The van der Waals surface area contributed by atoms with Crippen LogP contribution >= 0.6 is 0 Å². The summed E-state index contributed by atoms with van der Waals surface area (Å²) in [5.74, 6) is 1.63. The third-order valence-corrected chi connectivity index (χ3v) is 1.29. The number of carbonyl (C=O) groups excluding carboxylic acids is 1. The topological polar surface area (TPSA) is 65.5 Å². The van der Waals surface area contributed by atoms with Gasteiger partial charge in [-0.1, -0.05) is 18.2 Å². The number of hydrogen-bond acceptors (Lipinski definition) is 1. The Bertz CT molecular complexity index is 373. The molecule has 0 bridgehead atoms. The van der Waals surface area contributed by atoms with Gasteiger partial charge in [0.25, 0.3) is 5.91 Å². The number of nitrogens with zero attached hydrogens (tertiary/aromatic N) is 2. The molecule has 13 heavy (non-hydrogen) atoms. The van der Waals surface area contributed by atoms with Crippen molar-refractivity contribution in [3.63, 3.8) is 0 Å². The van der Waals surface area contributed by atoms with Crippen molar-refractivity contribution in [2.45, 2.75) is 0 Å². The predicted molar refractivity (Wildman–Crippen MR) is 48.3 cm³/mol. The van der Waals surface area contributed by atoms with E-state index in [2.05, 4.69) is 10.1 Å². The zero-order valence-corrected chi connectivity index (χ0v) is 6.77. The van der Waals surface area contributed by atoms with Crippen molar-refractivity contribution in [3.05, 3.63) is 41.9 Å². The lowest BCUT2D eigenvalue weighted by Gasteiger charge is -1.98. The van der Waals surface area contributed by atoms with Gasteiger partial charge in [-0.25, -0.2) is 0 Å². The molecule has 0 radical (unpaired) electrons. The quantitative estimate of drug-likeness (QED) is 0.309. The van der Waals surface area contributed by atoms with E-state index in [0.29, 0.717) is 5.69 Å². The van der Waals surface area contributed by atoms with Crippen molar-refractivity contribution in [3.8, 4) is 0 Å². The van der Waals surface area contributed by atoms with Crippen LogP contribution in [0.25, 0.3) is 5.53 Å². The van der Waals surface area contributed by atoms with Crippen LogP contribution in [0.4, 0.5) is 5.69 Å². The molecule has 1 amide bonds. The average Bonchev–Trinajstić information content (AvgIpc) is 2.16. The van der Waals surface area contributed by atoms with E-state index in [9.17, 15) is 4.79 Å². The summed E-state index contributed by atoms with van der Waals surface area (Å²) in [6, 6.07) is 8.96. The van der Waals surface area contributed by atoms with Gasteiger partial charge in [-0.2, -0.15) is 0 Å². The fourth-order valence-electron chi connectivity index (χ4n) is 0.787. The van der Waals surface area contributed by atoms with E-state index in [1.54, 1.807) is 24.3 Å². The normalized spacial score (nSPS) is 8.00. The Morgan fingerprint density at radius 3 is 2.77 bits per heavy atom. The molecule has 1 aromatic carbocycles. The van der Waals surface area contributed by atoms with Crippen molar-refractivity contribution in [2.24, 2.45) is 0 Å². The molecule has 0 atom stereocenters. The number of anilines is 1. The second kappa shape index (κ2) is 4.67. The number of amides is 1. The Kier molecular flexibility index (Phi) is 3.21. The first-order valence-electron chi connectivity index (χ1n) is 3.62. The van der Waals surface area contributed by atoms with Crippen molar-refractivity contribution in [1.82, 2.24) is 0 Å². The van der Waals surface area contributed by atoms with Crippen LogP contribution in [-0.2, 0) is 4.79 Å². The molecule has 0 aliphatic carbocycles. The molecule has 0 aliphatic rings. The summed E-state index contributed by atoms with van der Waals surface area (Å²) in [6.07, 6.45) is 1.01. The molecule has 0 saturated heterocycles. The molecule has 0 aliphatic heterocycles. The van der Waals surface area contributed by atoms with Crippen molar-refractivity contribution in [2.75, 3.05) is 5.32 Å². The molecule has 0 saturated carbocycles. The molecule has 64 valence electrons. The van der Waals surface area contributed by atoms with E-state index in [1.165, 1.54) is 0 Å². The highest BCUT2D eigenvalue weighted by molar-refractivity contribution is 6.03. The Balaban J connectivity index is 2.66. The van der Waals surface area contributed by atoms with Crippen LogP contribution in [0.2, 0.25) is 0 Å². The van der Waals surface area contributed by atoms with E-state index in [4.69, 9.17) is 5.53 Å². The average molecular weight is 173 g/mol. The largest absolute Gasteiger partial charge is 0.348 e. The van der Waals surface area contributed by atoms with E-state index in [1.807, 2.05) is 11.9 Å². The highest BCUT2D eigenvalue weighted by atomic mass is 16.1. The summed E-state index contributed by atoms with van der Waals surface area (Å²) in [7, 11) is 0. The number of hydrogen-bond donors (Lipinski definition) is 1. The number of nitrogens with one attached hydrogen (secondary N) is 1. The van der Waals surface area contributed by atoms with Gasteiger partial charge in [0.15, 0.2) is 0 Å². The monoisotopic (exact) mass is 173 g/mol. The minimum Gasteiger partial charge on any atom is -0.348 e. The summed E-state index contributed by atoms with van der Waals surface area (Å²) in [4.78, 5) is 13.5. The first-order chi connectivity index (χ1) is 6.33. The first-order valence-corrected chi connectivity index (χ1v) is 3.62. The molecule has 1 rings (SSSR count). The van der Waals surface area contributed by atoms with E-state index in [-0.39, 0.29) is 5.91 Å². The van der Waals surface area contributed by atoms with Crippen molar-refractivity contribution >= 4 is 17.5 Å². The van der Waals surface area contributed by atoms with Gasteiger partial charge in [0.2, 0.25) is 0 Å². The lowest BCUT2D eigenvalue weighted by molar-refractivity contribution is -0.111. The van der Waals surface area contributed by atoms with Gasteiger partial charge in [-0.3, -0.25) is 4.79 Å². The Morgan fingerprint density at radius 2 is 2.15 bits per heavy atom. The van der Waals surface area contributed by atoms with Crippen molar-refractivity contribution in [1.29, 1.82) is 0 Å². The standard InChI is InChI=1S/C9H7N3O/c10-11-7-6-9(13)12-8-4-2-1-3-5-8/h1-6H,(H,12,13). The number of rotatable bonds is 2. The predicted octanol–water partition coefficient (Wildman–Crippen LogP) is 1.08. The fourth-order valence-corrected chi connectivity index (χ4v) is 0.787. The van der Waals surface area contributed by atoms with Crippen LogP contribution < -0.4 is 5.32 Å². The van der Waals surface area contributed by atoms with Gasteiger partial charge < -0.3 is 10.8 Å². The number of benzene rings is 1. The molecule has 0 fully saturated rings. The minimum absolute atomic E-state index is 0.385. The Hall–Kier alpha value is -2.15. The third kappa shape index (κ3) is 3.16. The van der Waals surface area contributed by atoms with Gasteiger partial charge >= 0.3 is 5.87 Å². The molecule has 4 nitrogen and oxygen atoms in total. The maximum absolute atomic E-state index is 11.0. The fraction of sp³-hybridized carbons (Fsp3) is 0. The molecular formula is C9H7N3O. The lowest BCUT2D eigenvalue weighted by Crippen LogP contribution is -2.07. The number of carbonyl (C=O) groups is 1. The smallest absolute Gasteiger partial charge is 0.305 e. The zero-order valence-electron chi connectivity index (χ0n) is 6.77. The summed E-state index contributed by atoms with van der Waals surface area (Å²) in [5, 5.41) is 2.55. The van der Waals surface area contributed by atoms with Gasteiger partial charge in [-0.05, 0) is 12.1 Å². The highest BCUT2D eigenvalue weighted by Crippen LogP contribution is 2.03. The van der Waals surface area contributed by atoms with Crippen LogP contribution in [0.15, 0.2) is 36.4 Å². The molecule has 1 aromatic rings. The lowest BCUT2D eigenvalue weighted by atomic mass is 10.3. The Morgan fingerprint density at radius 1 is 1.46 bits per heavy atom. The summed E-state index contributed by atoms with van der Waals surface area (Å²) in [6.45, 7) is 0. The molecule has 0 heterocycles. The molecule has 0 unspecified atom stereocenters. The Labute approximate surface area is 75.1 Å². The zero-order chi connectivity index (χ0) is 9.52.